The second-order valence-electron chi connectivity index (χ2n) is 3.33. The molecule has 1 N–H and O–H groups in total. The molecule has 1 aliphatic rings. The Labute approximate surface area is 97.0 Å². The van der Waals surface area contributed by atoms with Gasteiger partial charge in [0.25, 0.3) is 0 Å². The summed E-state index contributed by atoms with van der Waals surface area (Å²) in [6.07, 6.45) is 0. The zero-order valence-corrected chi connectivity index (χ0v) is 9.41. The van der Waals surface area contributed by atoms with Gasteiger partial charge in [-0.05, 0) is 12.1 Å². The van der Waals surface area contributed by atoms with Crippen LogP contribution in [0.5, 0.6) is 5.88 Å². The minimum absolute atomic E-state index is 0.520. The van der Waals surface area contributed by atoms with Gasteiger partial charge in [0.2, 0.25) is 5.88 Å². The van der Waals surface area contributed by atoms with E-state index in [1.807, 2.05) is 24.3 Å². The number of hydrogen-bond acceptors (Lipinski definition) is 5. The van der Waals surface area contributed by atoms with E-state index in [0.717, 1.165) is 21.3 Å². The largest absolute Gasteiger partial charge is 0.480 e. The quantitative estimate of drug-likeness (QED) is 0.697. The van der Waals surface area contributed by atoms with Gasteiger partial charge < -0.3 is 10.1 Å². The second-order valence-corrected chi connectivity index (χ2v) is 4.36. The molecule has 1 aromatic heterocycles. The molecule has 16 heavy (non-hydrogen) atoms. The van der Waals surface area contributed by atoms with E-state index < -0.39 is 0 Å². The monoisotopic (exact) mass is 231 g/mol. The van der Waals surface area contributed by atoms with Gasteiger partial charge in [-0.25, -0.2) is 0 Å². The van der Waals surface area contributed by atoms with Crippen molar-refractivity contribution in [1.82, 2.24) is 10.2 Å². The number of hydrogen-bond donors (Lipinski definition) is 1. The van der Waals surface area contributed by atoms with Crippen LogP contribution in [0.1, 0.15) is 0 Å². The van der Waals surface area contributed by atoms with Gasteiger partial charge in [-0.3, -0.25) is 0 Å². The topological polar surface area (TPSA) is 47.0 Å². The highest BCUT2D eigenvalue weighted by Gasteiger charge is 2.17. The van der Waals surface area contributed by atoms with Gasteiger partial charge in [0.15, 0.2) is 0 Å². The van der Waals surface area contributed by atoms with Crippen molar-refractivity contribution in [2.24, 2.45) is 0 Å². The molecular weight excluding hydrogens is 222 g/mol. The standard InChI is InChI=1S/C11H9N3OS/c1-15-10-6-8-11(14-13-10)16-9-5-3-2-4-7(9)12-8/h2-6,12H,1H3. The van der Waals surface area contributed by atoms with Crippen LogP contribution < -0.4 is 10.1 Å². The Hall–Kier alpha value is -1.75. The third-order valence-electron chi connectivity index (χ3n) is 2.31. The number of para-hydroxylation sites is 1. The minimum Gasteiger partial charge on any atom is -0.480 e. The molecule has 1 aliphatic heterocycles. The molecule has 0 unspecified atom stereocenters. The molecule has 1 aromatic carbocycles. The molecule has 0 fully saturated rings. The Bertz CT molecular complexity index is 545. The Kier molecular flexibility index (Phi) is 2.18. The summed E-state index contributed by atoms with van der Waals surface area (Å²) < 4.78 is 5.05. The van der Waals surface area contributed by atoms with Crippen molar-refractivity contribution >= 4 is 23.1 Å². The molecule has 0 amide bonds. The van der Waals surface area contributed by atoms with E-state index >= 15 is 0 Å². The summed E-state index contributed by atoms with van der Waals surface area (Å²) in [6.45, 7) is 0. The van der Waals surface area contributed by atoms with Crippen LogP contribution in [0, 0.1) is 0 Å². The van der Waals surface area contributed by atoms with Crippen molar-refractivity contribution in [3.05, 3.63) is 30.3 Å². The number of ether oxygens (including phenoxy) is 1. The summed E-state index contributed by atoms with van der Waals surface area (Å²) in [5, 5.41) is 12.3. The number of fused-ring (bicyclic) bond motifs is 2. The second kappa shape index (κ2) is 3.68. The summed E-state index contributed by atoms with van der Waals surface area (Å²) in [4.78, 5) is 1.16. The highest BCUT2D eigenvalue weighted by atomic mass is 32.2. The molecule has 0 saturated heterocycles. The van der Waals surface area contributed by atoms with E-state index in [0.29, 0.717) is 5.88 Å². The van der Waals surface area contributed by atoms with E-state index in [4.69, 9.17) is 4.74 Å². The number of benzene rings is 1. The molecule has 2 heterocycles. The first-order valence-corrected chi connectivity index (χ1v) is 5.64. The van der Waals surface area contributed by atoms with Crippen LogP contribution in [0.2, 0.25) is 0 Å². The Morgan fingerprint density at radius 1 is 1.19 bits per heavy atom. The number of anilines is 2. The van der Waals surface area contributed by atoms with Crippen LogP contribution in [0.15, 0.2) is 40.3 Å². The normalized spacial score (nSPS) is 12.3. The van der Waals surface area contributed by atoms with Crippen LogP contribution in [0.4, 0.5) is 11.4 Å². The van der Waals surface area contributed by atoms with Crippen molar-refractivity contribution in [3.63, 3.8) is 0 Å². The summed E-state index contributed by atoms with van der Waals surface area (Å²) in [5.41, 5.74) is 2.03. The Balaban J connectivity index is 2.05. The average Bonchev–Trinajstić information content (AvgIpc) is 2.35. The highest BCUT2D eigenvalue weighted by molar-refractivity contribution is 7.99. The molecular formula is C11H9N3OS. The van der Waals surface area contributed by atoms with Crippen molar-refractivity contribution in [2.75, 3.05) is 12.4 Å². The number of nitrogens with zero attached hydrogens (tertiary/aromatic N) is 2. The van der Waals surface area contributed by atoms with E-state index in [1.54, 1.807) is 18.9 Å². The summed E-state index contributed by atoms with van der Waals surface area (Å²) in [6, 6.07) is 9.96. The first kappa shape index (κ1) is 9.47. The fourth-order valence-electron chi connectivity index (χ4n) is 1.54. The molecule has 0 bridgehead atoms. The van der Waals surface area contributed by atoms with E-state index in [2.05, 4.69) is 21.6 Å². The van der Waals surface area contributed by atoms with Crippen molar-refractivity contribution in [3.8, 4) is 5.88 Å². The lowest BCUT2D eigenvalue weighted by Crippen LogP contribution is -2.03. The molecule has 0 aliphatic carbocycles. The third-order valence-corrected chi connectivity index (χ3v) is 3.38. The van der Waals surface area contributed by atoms with Crippen LogP contribution in [-0.4, -0.2) is 17.3 Å². The fraction of sp³-hybridized carbons (Fsp3) is 0.0909. The van der Waals surface area contributed by atoms with Gasteiger partial charge in [-0.2, -0.15) is 0 Å². The smallest absolute Gasteiger partial charge is 0.235 e. The molecule has 0 radical (unpaired) electrons. The van der Waals surface area contributed by atoms with Crippen molar-refractivity contribution < 1.29 is 4.74 Å². The number of rotatable bonds is 1. The van der Waals surface area contributed by atoms with Crippen LogP contribution in [0.3, 0.4) is 0 Å². The zero-order chi connectivity index (χ0) is 11.0. The van der Waals surface area contributed by atoms with Gasteiger partial charge >= 0.3 is 0 Å². The van der Waals surface area contributed by atoms with Crippen LogP contribution in [-0.2, 0) is 0 Å². The number of methoxy groups -OCH3 is 1. The molecule has 4 nitrogen and oxygen atoms in total. The number of aromatic nitrogens is 2. The van der Waals surface area contributed by atoms with Crippen molar-refractivity contribution in [2.45, 2.75) is 9.92 Å². The van der Waals surface area contributed by atoms with Gasteiger partial charge in [-0.1, -0.05) is 23.9 Å². The van der Waals surface area contributed by atoms with E-state index in [-0.39, 0.29) is 0 Å². The molecule has 80 valence electrons. The van der Waals surface area contributed by atoms with Gasteiger partial charge in [0.1, 0.15) is 5.03 Å². The lowest BCUT2D eigenvalue weighted by molar-refractivity contribution is 0.390. The first-order valence-electron chi connectivity index (χ1n) is 4.82. The van der Waals surface area contributed by atoms with E-state index in [1.165, 1.54) is 0 Å². The van der Waals surface area contributed by atoms with Gasteiger partial charge in [-0.15, -0.1) is 10.2 Å². The zero-order valence-electron chi connectivity index (χ0n) is 8.60. The van der Waals surface area contributed by atoms with E-state index in [9.17, 15) is 0 Å². The predicted octanol–water partition coefficient (Wildman–Crippen LogP) is 2.69. The van der Waals surface area contributed by atoms with Crippen molar-refractivity contribution in [1.29, 1.82) is 0 Å². The lowest BCUT2D eigenvalue weighted by atomic mass is 10.3. The fourth-order valence-corrected chi connectivity index (χ4v) is 2.42. The maximum atomic E-state index is 5.05. The third kappa shape index (κ3) is 1.49. The number of nitrogens with one attached hydrogen (secondary N) is 1. The molecule has 0 saturated carbocycles. The summed E-state index contributed by atoms with van der Waals surface area (Å²) in [5.74, 6) is 0.520. The Morgan fingerprint density at radius 2 is 2.06 bits per heavy atom. The SMILES string of the molecule is COc1cc2c(nn1)Sc1ccccc1N2. The Morgan fingerprint density at radius 3 is 2.94 bits per heavy atom. The minimum atomic E-state index is 0.520. The molecule has 5 heteroatoms. The summed E-state index contributed by atoms with van der Waals surface area (Å²) in [7, 11) is 1.58. The van der Waals surface area contributed by atoms with Gasteiger partial charge in [0.05, 0.1) is 18.5 Å². The van der Waals surface area contributed by atoms with Gasteiger partial charge in [0, 0.05) is 11.0 Å². The lowest BCUT2D eigenvalue weighted by Gasteiger charge is -2.19. The summed E-state index contributed by atoms with van der Waals surface area (Å²) >= 11 is 1.61. The maximum absolute atomic E-state index is 5.05. The highest BCUT2D eigenvalue weighted by Crippen LogP contribution is 2.42. The average molecular weight is 231 g/mol. The van der Waals surface area contributed by atoms with Crippen LogP contribution >= 0.6 is 11.8 Å². The molecule has 3 rings (SSSR count). The molecule has 2 aromatic rings. The predicted molar refractivity (Wildman–Crippen MR) is 62.4 cm³/mol. The molecule has 0 atom stereocenters. The molecule has 0 spiro atoms. The van der Waals surface area contributed by atoms with Crippen LogP contribution in [0.25, 0.3) is 0 Å². The maximum Gasteiger partial charge on any atom is 0.235 e. The first-order chi connectivity index (χ1) is 7.86.